The van der Waals surface area contributed by atoms with Gasteiger partial charge in [0.1, 0.15) is 0 Å². The molecule has 0 saturated heterocycles. The van der Waals surface area contributed by atoms with Gasteiger partial charge in [-0.15, -0.1) is 0 Å². The van der Waals surface area contributed by atoms with E-state index in [0.717, 1.165) is 0 Å². The zero-order valence-electron chi connectivity index (χ0n) is 11.4. The van der Waals surface area contributed by atoms with Crippen molar-refractivity contribution < 1.29 is 21.2 Å². The van der Waals surface area contributed by atoms with Gasteiger partial charge in [-0.2, -0.15) is 0 Å². The van der Waals surface area contributed by atoms with Crippen LogP contribution in [0.15, 0.2) is 70.3 Å². The van der Waals surface area contributed by atoms with Crippen LogP contribution in [0.4, 0.5) is 0 Å². The van der Waals surface area contributed by atoms with Crippen LogP contribution in [-0.4, -0.2) is 0 Å². The van der Waals surface area contributed by atoms with Gasteiger partial charge >= 0.3 is 21.2 Å². The van der Waals surface area contributed by atoms with Gasteiger partial charge in [0.15, 0.2) is 7.65 Å². The molecule has 0 amide bonds. The Hall–Kier alpha value is -1.09. The number of allylic oxidation sites excluding steroid dienone is 1. The molecule has 0 radical (unpaired) electrons. The van der Waals surface area contributed by atoms with E-state index in [1.165, 1.54) is 28.4 Å². The highest BCUT2D eigenvalue weighted by Crippen LogP contribution is 2.08. The van der Waals surface area contributed by atoms with Crippen molar-refractivity contribution in [2.45, 2.75) is 26.2 Å². The number of aryl methyl sites for hydroxylation is 1. The Kier molecular flexibility index (Phi) is 6.15. The first kappa shape index (κ1) is 14.3. The molecule has 2 aromatic rings. The fourth-order valence-corrected chi connectivity index (χ4v) is 3.95. The van der Waals surface area contributed by atoms with Crippen molar-refractivity contribution in [3.05, 3.63) is 79.5 Å². The maximum absolute atomic E-state index is 2.47. The first-order valence-electron chi connectivity index (χ1n) is 6.72. The third-order valence-electron chi connectivity index (χ3n) is 2.98. The second kappa shape index (κ2) is 8.16. The lowest BCUT2D eigenvalue weighted by atomic mass is 10.1. The summed E-state index contributed by atoms with van der Waals surface area (Å²) in [5.41, 5.74) is 3.00. The SMILES string of the molecule is C/C(=C/[I+]c1ccccc1)CCCc1ccccc1. The lowest BCUT2D eigenvalue weighted by Crippen LogP contribution is -3.59. The van der Waals surface area contributed by atoms with Gasteiger partial charge in [-0.1, -0.05) is 48.5 Å². The highest BCUT2D eigenvalue weighted by molar-refractivity contribution is 5.14. The van der Waals surface area contributed by atoms with Crippen LogP contribution in [0.5, 0.6) is 0 Å². The molecule has 98 valence electrons. The highest BCUT2D eigenvalue weighted by atomic mass is 127. The summed E-state index contributed by atoms with van der Waals surface area (Å²) in [7, 11) is 0. The van der Waals surface area contributed by atoms with Gasteiger partial charge in [0.05, 0.1) is 0 Å². The molecule has 0 aliphatic rings. The zero-order valence-corrected chi connectivity index (χ0v) is 13.5. The van der Waals surface area contributed by atoms with Crippen LogP contribution < -0.4 is 21.2 Å². The molecule has 0 bridgehead atoms. The molecule has 2 rings (SSSR count). The van der Waals surface area contributed by atoms with Crippen molar-refractivity contribution in [3.63, 3.8) is 0 Å². The second-order valence-electron chi connectivity index (χ2n) is 4.70. The maximum atomic E-state index is 2.47. The fraction of sp³-hybridized carbons (Fsp3) is 0.222. The first-order valence-corrected chi connectivity index (χ1v) is 9.05. The van der Waals surface area contributed by atoms with Crippen molar-refractivity contribution >= 4 is 0 Å². The van der Waals surface area contributed by atoms with Crippen LogP contribution in [0.3, 0.4) is 0 Å². The van der Waals surface area contributed by atoms with E-state index in [4.69, 9.17) is 0 Å². The van der Waals surface area contributed by atoms with Gasteiger partial charge < -0.3 is 0 Å². The lowest BCUT2D eigenvalue weighted by molar-refractivity contribution is -0.557. The molecule has 0 fully saturated rings. The Balaban J connectivity index is 1.74. The predicted molar refractivity (Wildman–Crippen MR) is 78.3 cm³/mol. The molecule has 0 atom stereocenters. The van der Waals surface area contributed by atoms with E-state index in [-0.39, 0.29) is 21.2 Å². The monoisotopic (exact) mass is 363 g/mol. The highest BCUT2D eigenvalue weighted by Gasteiger charge is 2.07. The van der Waals surface area contributed by atoms with Gasteiger partial charge in [0.2, 0.25) is 0 Å². The van der Waals surface area contributed by atoms with E-state index in [9.17, 15) is 0 Å². The molecule has 1 heteroatoms. The molecule has 0 saturated carbocycles. The average molecular weight is 363 g/mol. The predicted octanol–water partition coefficient (Wildman–Crippen LogP) is 1.87. The van der Waals surface area contributed by atoms with Crippen molar-refractivity contribution in [1.29, 1.82) is 0 Å². The standard InChI is InChI=1S/C18H20I/c1-16(15-19-18-13-6-3-7-14-18)9-8-12-17-10-4-2-5-11-17/h2-7,10-11,13-15H,8-9,12H2,1H3/q+1/b16-15-. The van der Waals surface area contributed by atoms with Crippen LogP contribution >= 0.6 is 0 Å². The molecule has 0 unspecified atom stereocenters. The summed E-state index contributed by atoms with van der Waals surface area (Å²) in [6, 6.07) is 21.6. The van der Waals surface area contributed by atoms with Gasteiger partial charge in [0.25, 0.3) is 0 Å². The fourth-order valence-electron chi connectivity index (χ4n) is 1.91. The van der Waals surface area contributed by atoms with Crippen LogP contribution in [0, 0.1) is 3.57 Å². The summed E-state index contributed by atoms with van der Waals surface area (Å²) < 4.78 is 3.97. The van der Waals surface area contributed by atoms with Gasteiger partial charge in [-0.05, 0) is 49.5 Å². The Morgan fingerprint density at radius 1 is 0.947 bits per heavy atom. The number of rotatable bonds is 6. The summed E-state index contributed by atoms with van der Waals surface area (Å²) in [5.74, 6) is 0. The average Bonchev–Trinajstić information content (AvgIpc) is 2.47. The van der Waals surface area contributed by atoms with E-state index < -0.39 is 0 Å². The Morgan fingerprint density at radius 2 is 1.58 bits per heavy atom. The minimum absolute atomic E-state index is 0.0515. The Morgan fingerprint density at radius 3 is 2.26 bits per heavy atom. The molecule has 0 aromatic heterocycles. The molecule has 2 aromatic carbocycles. The molecule has 0 aliphatic carbocycles. The molecule has 19 heavy (non-hydrogen) atoms. The summed E-state index contributed by atoms with van der Waals surface area (Å²) in [4.78, 5) is 0. The van der Waals surface area contributed by atoms with Gasteiger partial charge in [-0.25, -0.2) is 0 Å². The van der Waals surface area contributed by atoms with Crippen LogP contribution in [-0.2, 0) is 6.42 Å². The van der Waals surface area contributed by atoms with E-state index in [0.29, 0.717) is 0 Å². The first-order chi connectivity index (χ1) is 9.34. The maximum Gasteiger partial charge on any atom is 0.349 e. The summed E-state index contributed by atoms with van der Waals surface area (Å²) in [6.45, 7) is 2.27. The second-order valence-corrected chi connectivity index (χ2v) is 7.19. The van der Waals surface area contributed by atoms with E-state index in [1.807, 2.05) is 0 Å². The molecular formula is C18H20I+. The Labute approximate surface area is 126 Å². The molecule has 0 aliphatic heterocycles. The van der Waals surface area contributed by atoms with Gasteiger partial charge in [0, 0.05) is 0 Å². The minimum Gasteiger partial charge on any atom is -0.0622 e. The molecule has 0 nitrogen and oxygen atoms in total. The smallest absolute Gasteiger partial charge is 0.0622 e. The van der Waals surface area contributed by atoms with E-state index >= 15 is 0 Å². The largest absolute Gasteiger partial charge is 0.349 e. The number of hydrogen-bond acceptors (Lipinski definition) is 0. The van der Waals surface area contributed by atoms with Crippen molar-refractivity contribution in [2.24, 2.45) is 0 Å². The van der Waals surface area contributed by atoms with Gasteiger partial charge in [-0.3, -0.25) is 0 Å². The number of benzene rings is 2. The van der Waals surface area contributed by atoms with E-state index in [1.54, 1.807) is 5.57 Å². The van der Waals surface area contributed by atoms with Crippen LogP contribution in [0.1, 0.15) is 25.3 Å². The molecular weight excluding hydrogens is 343 g/mol. The molecule has 0 spiro atoms. The molecule has 0 heterocycles. The van der Waals surface area contributed by atoms with Crippen molar-refractivity contribution in [3.8, 4) is 0 Å². The van der Waals surface area contributed by atoms with E-state index in [2.05, 4.69) is 71.7 Å². The van der Waals surface area contributed by atoms with Crippen molar-refractivity contribution in [2.75, 3.05) is 0 Å². The number of hydrogen-bond donors (Lipinski definition) is 0. The zero-order chi connectivity index (χ0) is 13.3. The quantitative estimate of drug-likeness (QED) is 0.688. The van der Waals surface area contributed by atoms with Crippen LogP contribution in [0.2, 0.25) is 0 Å². The minimum atomic E-state index is 0.0515. The third-order valence-corrected chi connectivity index (χ3v) is 5.79. The number of halogens is 1. The third kappa shape index (κ3) is 5.60. The summed E-state index contributed by atoms with van der Waals surface area (Å²) >= 11 is 0.0515. The summed E-state index contributed by atoms with van der Waals surface area (Å²) in [6.07, 6.45) is 3.67. The lowest BCUT2D eigenvalue weighted by Gasteiger charge is -2.00. The molecule has 0 N–H and O–H groups in total. The topological polar surface area (TPSA) is 0 Å². The summed E-state index contributed by atoms with van der Waals surface area (Å²) in [5, 5.41) is 0. The van der Waals surface area contributed by atoms with Crippen molar-refractivity contribution in [1.82, 2.24) is 0 Å². The van der Waals surface area contributed by atoms with Crippen LogP contribution in [0.25, 0.3) is 0 Å². The normalized spacial score (nSPS) is 11.5. The Bertz CT molecular complexity index is 500.